The molecule has 132 valence electrons. The molecule has 2 heterocycles. The number of rotatable bonds is 6. The fraction of sp³-hybridized carbons (Fsp3) is 0.150. The summed E-state index contributed by atoms with van der Waals surface area (Å²) >= 11 is 5.94. The summed E-state index contributed by atoms with van der Waals surface area (Å²) in [6.07, 6.45) is 5.72. The molecule has 0 saturated heterocycles. The van der Waals surface area contributed by atoms with Gasteiger partial charge in [-0.3, -0.25) is 14.6 Å². The fourth-order valence-corrected chi connectivity index (χ4v) is 3.02. The third-order valence-corrected chi connectivity index (χ3v) is 4.49. The van der Waals surface area contributed by atoms with E-state index in [4.69, 9.17) is 11.6 Å². The Kier molecular flexibility index (Phi) is 5.28. The van der Waals surface area contributed by atoms with E-state index >= 15 is 0 Å². The Morgan fingerprint density at radius 3 is 2.77 bits per heavy atom. The Balaban J connectivity index is 1.83. The number of H-pyrrole nitrogens is 1. The van der Waals surface area contributed by atoms with Crippen molar-refractivity contribution in [2.24, 2.45) is 0 Å². The Morgan fingerprint density at radius 2 is 2.04 bits per heavy atom. The first-order chi connectivity index (χ1) is 12.5. The zero-order chi connectivity index (χ0) is 18.7. The van der Waals surface area contributed by atoms with Crippen LogP contribution in [0.4, 0.5) is 4.39 Å². The molecule has 0 bridgehead atoms. The van der Waals surface area contributed by atoms with Crippen LogP contribution in [-0.4, -0.2) is 21.5 Å². The van der Waals surface area contributed by atoms with Crippen LogP contribution >= 0.6 is 11.6 Å². The van der Waals surface area contributed by atoms with E-state index in [1.54, 1.807) is 12.4 Å². The van der Waals surface area contributed by atoms with E-state index in [0.717, 1.165) is 17.5 Å². The van der Waals surface area contributed by atoms with Crippen molar-refractivity contribution in [3.05, 3.63) is 87.7 Å². The van der Waals surface area contributed by atoms with Gasteiger partial charge in [-0.05, 0) is 41.8 Å². The minimum Gasteiger partial charge on any atom is -0.358 e. The molecule has 2 aromatic heterocycles. The highest BCUT2D eigenvalue weighted by Gasteiger charge is 2.20. The van der Waals surface area contributed by atoms with Crippen LogP contribution in [-0.2, 0) is 12.8 Å². The number of halogens is 2. The van der Waals surface area contributed by atoms with Gasteiger partial charge in [-0.1, -0.05) is 24.6 Å². The van der Waals surface area contributed by atoms with Gasteiger partial charge in [0.2, 0.25) is 0 Å². The molecule has 0 fully saturated rings. The zero-order valence-corrected chi connectivity index (χ0v) is 14.8. The Hall–Kier alpha value is -2.79. The molecule has 0 unspecified atom stereocenters. The summed E-state index contributed by atoms with van der Waals surface area (Å²) in [4.78, 5) is 31.9. The number of hydrogen-bond acceptors (Lipinski definition) is 3. The van der Waals surface area contributed by atoms with Crippen molar-refractivity contribution in [3.63, 3.8) is 0 Å². The highest BCUT2D eigenvalue weighted by molar-refractivity contribution is 6.35. The molecule has 0 aliphatic rings. The van der Waals surface area contributed by atoms with Gasteiger partial charge in [0, 0.05) is 30.6 Å². The van der Waals surface area contributed by atoms with Gasteiger partial charge in [-0.15, -0.1) is 0 Å². The Bertz CT molecular complexity index is 961. The third kappa shape index (κ3) is 3.58. The molecular weight excluding hydrogens is 355 g/mol. The van der Waals surface area contributed by atoms with Crippen molar-refractivity contribution in [2.75, 3.05) is 0 Å². The van der Waals surface area contributed by atoms with Gasteiger partial charge in [0.15, 0.2) is 11.6 Å². The maximum atomic E-state index is 13.9. The Labute approximate surface area is 155 Å². The fourth-order valence-electron chi connectivity index (χ4n) is 2.77. The molecule has 0 atom stereocenters. The van der Waals surface area contributed by atoms with E-state index in [1.165, 1.54) is 30.5 Å². The van der Waals surface area contributed by atoms with Crippen LogP contribution in [0.2, 0.25) is 5.02 Å². The summed E-state index contributed by atoms with van der Waals surface area (Å²) in [7, 11) is 0. The van der Waals surface area contributed by atoms with Crippen molar-refractivity contribution < 1.29 is 14.0 Å². The smallest absolute Gasteiger partial charge is 0.199 e. The second kappa shape index (κ2) is 7.62. The average Bonchev–Trinajstić information content (AvgIpc) is 3.12. The number of carbonyl (C=O) groups is 2. The molecule has 26 heavy (non-hydrogen) atoms. The van der Waals surface area contributed by atoms with Crippen molar-refractivity contribution >= 4 is 23.2 Å². The van der Waals surface area contributed by atoms with E-state index < -0.39 is 11.6 Å². The minimum atomic E-state index is -0.695. The summed E-state index contributed by atoms with van der Waals surface area (Å²) in [5.41, 5.74) is 2.16. The van der Waals surface area contributed by atoms with Crippen molar-refractivity contribution in [3.8, 4) is 0 Å². The van der Waals surface area contributed by atoms with Crippen molar-refractivity contribution in [1.29, 1.82) is 0 Å². The summed E-state index contributed by atoms with van der Waals surface area (Å²) in [6.45, 7) is 2.01. The SMILES string of the molecule is CCc1ccncc1CC(=O)c1cc(C(=O)c2c(F)cccc2Cl)c[nH]1. The minimum absolute atomic E-state index is 0.0343. The van der Waals surface area contributed by atoms with E-state index in [0.29, 0.717) is 0 Å². The molecule has 1 aromatic carbocycles. The molecule has 0 aliphatic carbocycles. The largest absolute Gasteiger partial charge is 0.358 e. The number of Topliss-reactive ketones (excluding diaryl/α,β-unsaturated/α-hetero) is 1. The average molecular weight is 371 g/mol. The molecule has 0 saturated carbocycles. The zero-order valence-electron chi connectivity index (χ0n) is 14.1. The molecule has 0 radical (unpaired) electrons. The molecule has 0 spiro atoms. The van der Waals surface area contributed by atoms with Crippen molar-refractivity contribution in [2.45, 2.75) is 19.8 Å². The van der Waals surface area contributed by atoms with Gasteiger partial charge >= 0.3 is 0 Å². The molecule has 4 nitrogen and oxygen atoms in total. The summed E-state index contributed by atoms with van der Waals surface area (Å²) in [5.74, 6) is -1.44. The molecule has 3 aromatic rings. The van der Waals surface area contributed by atoms with Gasteiger partial charge < -0.3 is 4.98 Å². The number of ketones is 2. The van der Waals surface area contributed by atoms with Crippen LogP contribution in [0.5, 0.6) is 0 Å². The predicted molar refractivity (Wildman–Crippen MR) is 97.3 cm³/mol. The van der Waals surface area contributed by atoms with E-state index in [1.807, 2.05) is 13.0 Å². The second-order valence-electron chi connectivity index (χ2n) is 5.83. The maximum absolute atomic E-state index is 13.9. The number of nitrogens with one attached hydrogen (secondary N) is 1. The lowest BCUT2D eigenvalue weighted by molar-refractivity contribution is 0.0988. The number of nitrogens with zero attached hydrogens (tertiary/aromatic N) is 1. The third-order valence-electron chi connectivity index (χ3n) is 4.17. The lowest BCUT2D eigenvalue weighted by atomic mass is 10.0. The van der Waals surface area contributed by atoms with E-state index in [-0.39, 0.29) is 34.0 Å². The standard InChI is InChI=1S/C20H16ClFN2O2/c1-2-12-6-7-23-10-13(12)9-18(25)17-8-14(11-24-17)20(26)19-15(21)4-3-5-16(19)22/h3-8,10-11,24H,2,9H2,1H3. The summed E-state index contributed by atoms with van der Waals surface area (Å²) in [6, 6.07) is 7.36. The number of aromatic amines is 1. The lowest BCUT2D eigenvalue weighted by Gasteiger charge is -2.05. The number of benzene rings is 1. The van der Waals surface area contributed by atoms with Gasteiger partial charge in [-0.2, -0.15) is 0 Å². The second-order valence-corrected chi connectivity index (χ2v) is 6.23. The van der Waals surface area contributed by atoms with Crippen LogP contribution in [0.1, 0.15) is 44.5 Å². The van der Waals surface area contributed by atoms with Crippen molar-refractivity contribution in [1.82, 2.24) is 9.97 Å². The summed E-state index contributed by atoms with van der Waals surface area (Å²) < 4.78 is 13.9. The normalized spacial score (nSPS) is 10.7. The van der Waals surface area contributed by atoms with E-state index in [9.17, 15) is 14.0 Å². The van der Waals surface area contributed by atoms with Crippen LogP contribution in [0.15, 0.2) is 48.9 Å². The molecule has 3 rings (SSSR count). The lowest BCUT2D eigenvalue weighted by Crippen LogP contribution is -2.07. The molecular formula is C20H16ClFN2O2. The molecule has 6 heteroatoms. The molecule has 0 aliphatic heterocycles. The Morgan fingerprint density at radius 1 is 1.23 bits per heavy atom. The monoisotopic (exact) mass is 370 g/mol. The number of aromatic nitrogens is 2. The van der Waals surface area contributed by atoms with Crippen LogP contribution in [0.3, 0.4) is 0 Å². The number of hydrogen-bond donors (Lipinski definition) is 1. The van der Waals surface area contributed by atoms with Crippen LogP contribution in [0.25, 0.3) is 0 Å². The van der Waals surface area contributed by atoms with Gasteiger partial charge in [-0.25, -0.2) is 4.39 Å². The highest BCUT2D eigenvalue weighted by Crippen LogP contribution is 2.23. The maximum Gasteiger partial charge on any atom is 0.199 e. The number of carbonyl (C=O) groups excluding carboxylic acids is 2. The number of pyridine rings is 1. The van der Waals surface area contributed by atoms with Gasteiger partial charge in [0.1, 0.15) is 5.82 Å². The quantitative estimate of drug-likeness (QED) is 0.653. The summed E-state index contributed by atoms with van der Waals surface area (Å²) in [5, 5.41) is 0.0343. The molecule has 0 amide bonds. The van der Waals surface area contributed by atoms with Gasteiger partial charge in [0.05, 0.1) is 16.3 Å². The first-order valence-corrected chi connectivity index (χ1v) is 8.51. The first kappa shape index (κ1) is 18.0. The number of aryl methyl sites for hydroxylation is 1. The van der Waals surface area contributed by atoms with E-state index in [2.05, 4.69) is 9.97 Å². The molecule has 1 N–H and O–H groups in total. The predicted octanol–water partition coefficient (Wildman–Crippen LogP) is 4.42. The van der Waals surface area contributed by atoms with Crippen LogP contribution < -0.4 is 0 Å². The highest BCUT2D eigenvalue weighted by atomic mass is 35.5. The topological polar surface area (TPSA) is 62.8 Å². The van der Waals surface area contributed by atoms with Crippen LogP contribution in [0, 0.1) is 5.82 Å². The first-order valence-electron chi connectivity index (χ1n) is 8.13. The van der Waals surface area contributed by atoms with Gasteiger partial charge in [0.25, 0.3) is 0 Å².